The SMILES string of the molecule is CCCN(CCO)Cc1cc(C)cc(C)c1. The molecule has 1 aromatic rings. The van der Waals surface area contributed by atoms with Crippen LogP contribution in [0.15, 0.2) is 18.2 Å². The summed E-state index contributed by atoms with van der Waals surface area (Å²) in [6.45, 7) is 9.43. The molecular formula is C14H23NO. The van der Waals surface area contributed by atoms with Crippen molar-refractivity contribution >= 4 is 0 Å². The molecule has 1 rings (SSSR count). The first-order chi connectivity index (χ1) is 7.65. The monoisotopic (exact) mass is 221 g/mol. The third-order valence-corrected chi connectivity index (χ3v) is 2.64. The van der Waals surface area contributed by atoms with Gasteiger partial charge in [0.25, 0.3) is 0 Å². The molecule has 1 N–H and O–H groups in total. The van der Waals surface area contributed by atoms with E-state index in [2.05, 4.69) is 43.9 Å². The molecule has 1 aromatic carbocycles. The normalized spacial score (nSPS) is 11.1. The Labute approximate surface area is 98.9 Å². The van der Waals surface area contributed by atoms with E-state index in [1.165, 1.54) is 16.7 Å². The molecule has 0 spiro atoms. The van der Waals surface area contributed by atoms with Crippen LogP contribution in [0.5, 0.6) is 0 Å². The van der Waals surface area contributed by atoms with Crippen molar-refractivity contribution in [3.8, 4) is 0 Å². The molecule has 0 bridgehead atoms. The molecule has 0 aromatic heterocycles. The molecule has 0 atom stereocenters. The summed E-state index contributed by atoms with van der Waals surface area (Å²) in [6.07, 6.45) is 1.13. The van der Waals surface area contributed by atoms with E-state index in [0.717, 1.165) is 26.1 Å². The van der Waals surface area contributed by atoms with Crippen molar-refractivity contribution in [2.45, 2.75) is 33.7 Å². The summed E-state index contributed by atoms with van der Waals surface area (Å²) in [6, 6.07) is 6.65. The molecule has 0 aliphatic rings. The number of hydrogen-bond donors (Lipinski definition) is 1. The lowest BCUT2D eigenvalue weighted by atomic mass is 10.1. The lowest BCUT2D eigenvalue weighted by Crippen LogP contribution is -2.27. The maximum Gasteiger partial charge on any atom is 0.0558 e. The van der Waals surface area contributed by atoms with Crippen molar-refractivity contribution in [1.29, 1.82) is 0 Å². The Hall–Kier alpha value is -0.860. The number of hydrogen-bond acceptors (Lipinski definition) is 2. The third-order valence-electron chi connectivity index (χ3n) is 2.64. The van der Waals surface area contributed by atoms with Gasteiger partial charge < -0.3 is 5.11 Å². The van der Waals surface area contributed by atoms with Crippen LogP contribution in [0.1, 0.15) is 30.0 Å². The van der Waals surface area contributed by atoms with Gasteiger partial charge in [0.05, 0.1) is 6.61 Å². The molecule has 0 aliphatic carbocycles. The molecular weight excluding hydrogens is 198 g/mol. The van der Waals surface area contributed by atoms with E-state index in [1.54, 1.807) is 0 Å². The van der Waals surface area contributed by atoms with Crippen LogP contribution in [0.4, 0.5) is 0 Å². The summed E-state index contributed by atoms with van der Waals surface area (Å²) < 4.78 is 0. The van der Waals surface area contributed by atoms with Crippen LogP contribution in [0.3, 0.4) is 0 Å². The Morgan fingerprint density at radius 2 is 1.69 bits per heavy atom. The average Bonchev–Trinajstić information content (AvgIpc) is 2.16. The summed E-state index contributed by atoms with van der Waals surface area (Å²) in [7, 11) is 0. The Bertz CT molecular complexity index is 296. The van der Waals surface area contributed by atoms with Crippen LogP contribution in [0, 0.1) is 13.8 Å². The lowest BCUT2D eigenvalue weighted by molar-refractivity contribution is 0.190. The van der Waals surface area contributed by atoms with Crippen molar-refractivity contribution in [2.75, 3.05) is 19.7 Å². The third kappa shape index (κ3) is 4.33. The van der Waals surface area contributed by atoms with Gasteiger partial charge in [-0.05, 0) is 32.4 Å². The first-order valence-corrected chi connectivity index (χ1v) is 6.06. The fourth-order valence-electron chi connectivity index (χ4n) is 2.15. The molecule has 16 heavy (non-hydrogen) atoms. The van der Waals surface area contributed by atoms with Gasteiger partial charge in [0, 0.05) is 13.1 Å². The number of aliphatic hydroxyl groups excluding tert-OH is 1. The lowest BCUT2D eigenvalue weighted by Gasteiger charge is -2.21. The van der Waals surface area contributed by atoms with Crippen LogP contribution >= 0.6 is 0 Å². The van der Waals surface area contributed by atoms with Gasteiger partial charge in [-0.2, -0.15) is 0 Å². The van der Waals surface area contributed by atoms with Crippen LogP contribution in [-0.4, -0.2) is 29.7 Å². The summed E-state index contributed by atoms with van der Waals surface area (Å²) >= 11 is 0. The van der Waals surface area contributed by atoms with Crippen LogP contribution in [0.2, 0.25) is 0 Å². The van der Waals surface area contributed by atoms with E-state index < -0.39 is 0 Å². The second kappa shape index (κ2) is 6.66. The molecule has 0 amide bonds. The number of aliphatic hydroxyl groups is 1. The maximum atomic E-state index is 9.01. The van der Waals surface area contributed by atoms with E-state index in [1.807, 2.05) is 0 Å². The summed E-state index contributed by atoms with van der Waals surface area (Å²) in [5.74, 6) is 0. The van der Waals surface area contributed by atoms with E-state index >= 15 is 0 Å². The summed E-state index contributed by atoms with van der Waals surface area (Å²) in [5, 5.41) is 9.01. The molecule has 0 aliphatic heterocycles. The quantitative estimate of drug-likeness (QED) is 0.798. The largest absolute Gasteiger partial charge is 0.395 e. The zero-order chi connectivity index (χ0) is 12.0. The average molecular weight is 221 g/mol. The highest BCUT2D eigenvalue weighted by Crippen LogP contribution is 2.11. The Morgan fingerprint density at radius 3 is 2.19 bits per heavy atom. The topological polar surface area (TPSA) is 23.5 Å². The van der Waals surface area contributed by atoms with Crippen molar-refractivity contribution in [3.63, 3.8) is 0 Å². The minimum Gasteiger partial charge on any atom is -0.395 e. The van der Waals surface area contributed by atoms with Gasteiger partial charge in [-0.15, -0.1) is 0 Å². The number of nitrogens with zero attached hydrogens (tertiary/aromatic N) is 1. The predicted octanol–water partition coefficient (Wildman–Crippen LogP) is 2.51. The number of benzene rings is 1. The standard InChI is InChI=1S/C14H23NO/c1-4-5-15(6-7-16)11-14-9-12(2)8-13(3)10-14/h8-10,16H,4-7,11H2,1-3H3. The molecule has 0 radical (unpaired) electrons. The van der Waals surface area contributed by atoms with Crippen molar-refractivity contribution < 1.29 is 5.11 Å². The minimum absolute atomic E-state index is 0.241. The predicted molar refractivity (Wildman–Crippen MR) is 68.6 cm³/mol. The van der Waals surface area contributed by atoms with Gasteiger partial charge in [-0.25, -0.2) is 0 Å². The van der Waals surface area contributed by atoms with Crippen LogP contribution < -0.4 is 0 Å². The van der Waals surface area contributed by atoms with Gasteiger partial charge in [0.2, 0.25) is 0 Å². The van der Waals surface area contributed by atoms with Crippen molar-refractivity contribution in [1.82, 2.24) is 4.90 Å². The van der Waals surface area contributed by atoms with Crippen molar-refractivity contribution in [2.24, 2.45) is 0 Å². The highest BCUT2D eigenvalue weighted by Gasteiger charge is 2.04. The molecule has 0 heterocycles. The van der Waals surface area contributed by atoms with E-state index in [4.69, 9.17) is 5.11 Å². The highest BCUT2D eigenvalue weighted by atomic mass is 16.3. The van der Waals surface area contributed by atoms with Gasteiger partial charge in [-0.3, -0.25) is 4.90 Å². The minimum atomic E-state index is 0.241. The Kier molecular flexibility index (Phi) is 5.50. The van der Waals surface area contributed by atoms with E-state index in [0.29, 0.717) is 0 Å². The highest BCUT2D eigenvalue weighted by molar-refractivity contribution is 5.28. The second-order valence-corrected chi connectivity index (χ2v) is 4.50. The zero-order valence-corrected chi connectivity index (χ0v) is 10.7. The molecule has 2 nitrogen and oxygen atoms in total. The van der Waals surface area contributed by atoms with Crippen molar-refractivity contribution in [3.05, 3.63) is 34.9 Å². The fourth-order valence-corrected chi connectivity index (χ4v) is 2.15. The van der Waals surface area contributed by atoms with E-state index in [-0.39, 0.29) is 6.61 Å². The smallest absolute Gasteiger partial charge is 0.0558 e. The fraction of sp³-hybridized carbons (Fsp3) is 0.571. The maximum absolute atomic E-state index is 9.01. The molecule has 2 heteroatoms. The van der Waals surface area contributed by atoms with Crippen LogP contribution in [0.25, 0.3) is 0 Å². The number of aryl methyl sites for hydroxylation is 2. The van der Waals surface area contributed by atoms with Crippen LogP contribution in [-0.2, 0) is 6.54 Å². The Morgan fingerprint density at radius 1 is 1.06 bits per heavy atom. The molecule has 0 saturated heterocycles. The summed E-state index contributed by atoms with van der Waals surface area (Å²) in [5.41, 5.74) is 3.98. The molecule has 0 saturated carbocycles. The first-order valence-electron chi connectivity index (χ1n) is 6.06. The van der Waals surface area contributed by atoms with Gasteiger partial charge in [0.15, 0.2) is 0 Å². The van der Waals surface area contributed by atoms with Gasteiger partial charge in [-0.1, -0.05) is 36.2 Å². The van der Waals surface area contributed by atoms with Gasteiger partial charge in [0.1, 0.15) is 0 Å². The first kappa shape index (κ1) is 13.2. The molecule has 0 unspecified atom stereocenters. The number of rotatable bonds is 6. The summed E-state index contributed by atoms with van der Waals surface area (Å²) in [4.78, 5) is 2.30. The molecule has 0 fully saturated rings. The molecule has 90 valence electrons. The Balaban J connectivity index is 2.68. The zero-order valence-electron chi connectivity index (χ0n) is 10.7. The van der Waals surface area contributed by atoms with Gasteiger partial charge >= 0.3 is 0 Å². The van der Waals surface area contributed by atoms with E-state index in [9.17, 15) is 0 Å². The second-order valence-electron chi connectivity index (χ2n) is 4.50.